The summed E-state index contributed by atoms with van der Waals surface area (Å²) in [5, 5.41) is 13.1. The third-order valence-corrected chi connectivity index (χ3v) is 14.2. The molecule has 43 heavy (non-hydrogen) atoms. The molecule has 0 saturated carbocycles. The second-order valence-electron chi connectivity index (χ2n) is 11.8. The maximum Gasteiger partial charge on any atom is 0.261 e. The van der Waals surface area contributed by atoms with E-state index in [4.69, 9.17) is 9.16 Å². The first-order chi connectivity index (χ1) is 20.4. The van der Waals surface area contributed by atoms with Gasteiger partial charge in [0.1, 0.15) is 12.4 Å². The maximum atomic E-state index is 13.6. The molecule has 4 aromatic rings. The standard InChI is InChI=1S/C35H41NO5SSi/c1-6-35(5,37)33(36-42(38,39)30-24-22-29(23-25-30)40-26-28-16-10-7-11-17-28)27-41-43(34(2,3)4,31-18-12-8-13-19-31)32-20-14-9-15-21-32/h6-25,33,36-37H,1,26-27H2,2-5H3. The number of rotatable bonds is 13. The highest BCUT2D eigenvalue weighted by Crippen LogP contribution is 2.37. The van der Waals surface area contributed by atoms with Crippen LogP contribution in [0.5, 0.6) is 5.75 Å². The Bertz CT molecular complexity index is 1530. The van der Waals surface area contributed by atoms with Gasteiger partial charge in [-0.3, -0.25) is 0 Å². The first kappa shape index (κ1) is 32.4. The minimum Gasteiger partial charge on any atom is -0.489 e. The molecule has 0 aliphatic carbocycles. The largest absolute Gasteiger partial charge is 0.489 e. The molecule has 2 unspecified atom stereocenters. The summed E-state index contributed by atoms with van der Waals surface area (Å²) in [6.45, 7) is 12.0. The molecule has 8 heteroatoms. The molecule has 0 heterocycles. The number of hydrogen-bond donors (Lipinski definition) is 2. The van der Waals surface area contributed by atoms with Crippen LogP contribution < -0.4 is 19.8 Å². The second kappa shape index (κ2) is 13.4. The van der Waals surface area contributed by atoms with Crippen molar-refractivity contribution in [3.63, 3.8) is 0 Å². The van der Waals surface area contributed by atoms with Crippen LogP contribution in [0, 0.1) is 0 Å². The molecule has 0 saturated heterocycles. The zero-order valence-electron chi connectivity index (χ0n) is 25.2. The molecule has 0 spiro atoms. The molecule has 0 aliphatic rings. The van der Waals surface area contributed by atoms with E-state index in [0.29, 0.717) is 12.4 Å². The lowest BCUT2D eigenvalue weighted by atomic mass is 9.98. The van der Waals surface area contributed by atoms with E-state index < -0.39 is 30.0 Å². The first-order valence-corrected chi connectivity index (χ1v) is 17.7. The van der Waals surface area contributed by atoms with Gasteiger partial charge in [-0.25, -0.2) is 13.1 Å². The van der Waals surface area contributed by atoms with Crippen molar-refractivity contribution in [3.05, 3.63) is 133 Å². The van der Waals surface area contributed by atoms with Crippen molar-refractivity contribution in [2.24, 2.45) is 0 Å². The SMILES string of the molecule is C=CC(C)(O)C(CO[Si](c1ccccc1)(c1ccccc1)C(C)(C)C)NS(=O)(=O)c1ccc(OCc2ccccc2)cc1. The maximum absolute atomic E-state index is 13.6. The molecular weight excluding hydrogens is 575 g/mol. The average Bonchev–Trinajstić information content (AvgIpc) is 3.01. The fourth-order valence-corrected chi connectivity index (χ4v) is 11.0. The minimum absolute atomic E-state index is 0.0508. The van der Waals surface area contributed by atoms with Crippen LogP contribution in [0.1, 0.15) is 33.3 Å². The average molecular weight is 616 g/mol. The third-order valence-electron chi connectivity index (χ3n) is 7.68. The van der Waals surface area contributed by atoms with Gasteiger partial charge in [-0.15, -0.1) is 6.58 Å². The highest BCUT2D eigenvalue weighted by atomic mass is 32.2. The summed E-state index contributed by atoms with van der Waals surface area (Å²) in [4.78, 5) is 0.0508. The molecule has 2 N–H and O–H groups in total. The molecule has 0 bridgehead atoms. The van der Waals surface area contributed by atoms with E-state index in [1.165, 1.54) is 25.1 Å². The van der Waals surface area contributed by atoms with Gasteiger partial charge in [-0.1, -0.05) is 118 Å². The van der Waals surface area contributed by atoms with Gasteiger partial charge in [0.25, 0.3) is 8.32 Å². The zero-order valence-corrected chi connectivity index (χ0v) is 27.1. The summed E-state index contributed by atoms with van der Waals surface area (Å²) in [7, 11) is -7.05. The molecule has 0 radical (unpaired) electrons. The molecule has 0 aromatic heterocycles. The van der Waals surface area contributed by atoms with Gasteiger partial charge in [0, 0.05) is 0 Å². The Hall–Kier alpha value is -3.53. The topological polar surface area (TPSA) is 84.9 Å². The molecule has 0 aliphatic heterocycles. The summed E-state index contributed by atoms with van der Waals surface area (Å²) < 4.78 is 42.7. The van der Waals surface area contributed by atoms with E-state index in [2.05, 4.69) is 56.3 Å². The fourth-order valence-electron chi connectivity index (χ4n) is 5.15. The molecule has 0 amide bonds. The van der Waals surface area contributed by atoms with Gasteiger partial charge >= 0.3 is 0 Å². The lowest BCUT2D eigenvalue weighted by Crippen LogP contribution is -2.68. The first-order valence-electron chi connectivity index (χ1n) is 14.3. The van der Waals surface area contributed by atoms with Crippen LogP contribution in [0.3, 0.4) is 0 Å². The summed E-state index contributed by atoms with van der Waals surface area (Å²) in [6, 6.07) is 35.1. The molecule has 4 aromatic carbocycles. The van der Waals surface area contributed by atoms with E-state index in [1.807, 2.05) is 66.7 Å². The minimum atomic E-state index is -4.05. The van der Waals surface area contributed by atoms with Crippen LogP contribution in [-0.2, 0) is 21.1 Å². The fraction of sp³-hybridized carbons (Fsp3) is 0.257. The van der Waals surface area contributed by atoms with E-state index in [1.54, 1.807) is 12.1 Å². The van der Waals surface area contributed by atoms with Gasteiger partial charge in [0.15, 0.2) is 0 Å². The number of ether oxygens (including phenoxy) is 1. The Labute approximate surface area is 257 Å². The van der Waals surface area contributed by atoms with Gasteiger partial charge in [0.05, 0.1) is 23.1 Å². The van der Waals surface area contributed by atoms with Crippen molar-refractivity contribution in [2.75, 3.05) is 6.61 Å². The summed E-state index contributed by atoms with van der Waals surface area (Å²) >= 11 is 0. The third kappa shape index (κ3) is 7.52. The van der Waals surface area contributed by atoms with Crippen LogP contribution >= 0.6 is 0 Å². The Morgan fingerprint density at radius 2 is 1.30 bits per heavy atom. The normalized spacial score (nSPS) is 14.4. The van der Waals surface area contributed by atoms with Crippen LogP contribution in [0.4, 0.5) is 0 Å². The lowest BCUT2D eigenvalue weighted by molar-refractivity contribution is 0.0526. The van der Waals surface area contributed by atoms with Crippen molar-refractivity contribution >= 4 is 28.7 Å². The van der Waals surface area contributed by atoms with Crippen molar-refractivity contribution < 1.29 is 22.7 Å². The molecule has 4 rings (SSSR count). The summed E-state index contributed by atoms with van der Waals surface area (Å²) in [5.74, 6) is 0.549. The van der Waals surface area contributed by atoms with Crippen LogP contribution in [0.15, 0.2) is 133 Å². The number of hydrogen-bond acceptors (Lipinski definition) is 5. The Morgan fingerprint density at radius 1 is 0.814 bits per heavy atom. The Balaban J connectivity index is 1.62. The summed E-state index contributed by atoms with van der Waals surface area (Å²) in [5.41, 5.74) is -0.590. The van der Waals surface area contributed by atoms with Crippen LogP contribution in [-0.4, -0.2) is 40.1 Å². The molecule has 6 nitrogen and oxygen atoms in total. The van der Waals surface area contributed by atoms with Crippen molar-refractivity contribution in [1.29, 1.82) is 0 Å². The highest BCUT2D eigenvalue weighted by Gasteiger charge is 2.51. The van der Waals surface area contributed by atoms with Crippen LogP contribution in [0.25, 0.3) is 0 Å². The number of benzene rings is 4. The van der Waals surface area contributed by atoms with Crippen molar-refractivity contribution in [2.45, 2.75) is 55.9 Å². The lowest BCUT2D eigenvalue weighted by Gasteiger charge is -2.44. The molecular formula is C35H41NO5SSi. The highest BCUT2D eigenvalue weighted by molar-refractivity contribution is 7.89. The number of nitrogens with one attached hydrogen (secondary N) is 1. The van der Waals surface area contributed by atoms with E-state index >= 15 is 0 Å². The summed E-state index contributed by atoms with van der Waals surface area (Å²) in [6.07, 6.45) is 1.34. The van der Waals surface area contributed by atoms with E-state index in [0.717, 1.165) is 15.9 Å². The Morgan fingerprint density at radius 3 is 1.77 bits per heavy atom. The number of sulfonamides is 1. The van der Waals surface area contributed by atoms with Crippen LogP contribution in [0.2, 0.25) is 5.04 Å². The predicted octanol–water partition coefficient (Wildman–Crippen LogP) is 5.43. The zero-order chi connectivity index (χ0) is 31.1. The van der Waals surface area contributed by atoms with Gasteiger partial charge in [0.2, 0.25) is 10.0 Å². The van der Waals surface area contributed by atoms with Gasteiger partial charge in [-0.2, -0.15) is 0 Å². The van der Waals surface area contributed by atoms with Crippen molar-refractivity contribution in [3.8, 4) is 5.75 Å². The number of aliphatic hydroxyl groups is 1. The van der Waals surface area contributed by atoms with Crippen molar-refractivity contribution in [1.82, 2.24) is 4.72 Å². The van der Waals surface area contributed by atoms with E-state index in [-0.39, 0.29) is 16.5 Å². The van der Waals surface area contributed by atoms with Gasteiger partial charge in [-0.05, 0) is 52.2 Å². The smallest absolute Gasteiger partial charge is 0.261 e. The monoisotopic (exact) mass is 615 g/mol. The molecule has 226 valence electrons. The molecule has 0 fully saturated rings. The Kier molecular flexibility index (Phi) is 10.1. The van der Waals surface area contributed by atoms with E-state index in [9.17, 15) is 13.5 Å². The second-order valence-corrected chi connectivity index (χ2v) is 17.8. The quantitative estimate of drug-likeness (QED) is 0.155. The predicted molar refractivity (Wildman–Crippen MR) is 176 cm³/mol. The van der Waals surface area contributed by atoms with Gasteiger partial charge < -0.3 is 14.3 Å². The molecule has 2 atom stereocenters.